The number of hydrogen-bond donors (Lipinski definition) is 1. The Morgan fingerprint density at radius 3 is 2.27 bits per heavy atom. The van der Waals surface area contributed by atoms with Crippen LogP contribution in [0.5, 0.6) is 0 Å². The molecule has 4 nitrogen and oxygen atoms in total. The van der Waals surface area contributed by atoms with Crippen LogP contribution in [0.15, 0.2) is 30.3 Å². The summed E-state index contributed by atoms with van der Waals surface area (Å²) in [5, 5.41) is 9.76. The van der Waals surface area contributed by atoms with Gasteiger partial charge in [-0.1, -0.05) is 36.8 Å². The molecule has 0 unspecified atom stereocenters. The van der Waals surface area contributed by atoms with Crippen molar-refractivity contribution < 1.29 is 14.7 Å². The van der Waals surface area contributed by atoms with Gasteiger partial charge in [0.05, 0.1) is 5.41 Å². The van der Waals surface area contributed by atoms with Crippen molar-refractivity contribution >= 4 is 11.9 Å². The predicted molar refractivity (Wildman–Crippen MR) is 83.5 cm³/mol. The fourth-order valence-corrected chi connectivity index (χ4v) is 3.59. The molecule has 2 fully saturated rings. The van der Waals surface area contributed by atoms with Crippen molar-refractivity contribution in [2.45, 2.75) is 43.9 Å². The van der Waals surface area contributed by atoms with Gasteiger partial charge in [-0.3, -0.25) is 9.59 Å². The van der Waals surface area contributed by atoms with Gasteiger partial charge in [0, 0.05) is 19.5 Å². The smallest absolute Gasteiger partial charge is 0.314 e. The van der Waals surface area contributed by atoms with Gasteiger partial charge in [-0.15, -0.1) is 0 Å². The molecule has 0 spiro atoms. The maximum Gasteiger partial charge on any atom is 0.314 e. The molecule has 3 rings (SSSR count). The third-order valence-electron chi connectivity index (χ3n) is 5.39. The summed E-state index contributed by atoms with van der Waals surface area (Å²) < 4.78 is 0. The summed E-state index contributed by atoms with van der Waals surface area (Å²) in [7, 11) is 0. The van der Waals surface area contributed by atoms with Crippen molar-refractivity contribution in [3.05, 3.63) is 35.9 Å². The number of rotatable bonds is 4. The standard InChI is InChI=1S/C18H23NO3/c20-16(13-14-5-4-6-14)19-11-9-18(10-12-19,17(21)22)15-7-2-1-3-8-15/h1-3,7-8,14H,4-6,9-13H2,(H,21,22). The number of benzene rings is 1. The van der Waals surface area contributed by atoms with Gasteiger partial charge in [-0.05, 0) is 37.2 Å². The number of piperidine rings is 1. The van der Waals surface area contributed by atoms with E-state index in [1.165, 1.54) is 19.3 Å². The molecule has 1 N–H and O–H groups in total. The van der Waals surface area contributed by atoms with Crippen LogP contribution in [0.3, 0.4) is 0 Å². The highest BCUT2D eigenvalue weighted by Crippen LogP contribution is 2.37. The normalized spacial score (nSPS) is 21.2. The minimum atomic E-state index is -0.839. The Bertz CT molecular complexity index is 543. The molecule has 1 heterocycles. The molecular weight excluding hydrogens is 278 g/mol. The van der Waals surface area contributed by atoms with Gasteiger partial charge in [-0.2, -0.15) is 0 Å². The van der Waals surface area contributed by atoms with E-state index < -0.39 is 11.4 Å². The number of nitrogens with zero attached hydrogens (tertiary/aromatic N) is 1. The number of carbonyl (C=O) groups is 2. The number of aliphatic carboxylic acids is 1. The van der Waals surface area contributed by atoms with Gasteiger partial charge in [0.15, 0.2) is 0 Å². The summed E-state index contributed by atoms with van der Waals surface area (Å²) in [6.45, 7) is 1.10. The largest absolute Gasteiger partial charge is 0.481 e. The molecule has 0 atom stereocenters. The van der Waals surface area contributed by atoms with Gasteiger partial charge in [-0.25, -0.2) is 0 Å². The lowest BCUT2D eigenvalue weighted by atomic mass is 9.72. The second-order valence-electron chi connectivity index (χ2n) is 6.64. The molecule has 1 aliphatic heterocycles. The lowest BCUT2D eigenvalue weighted by Crippen LogP contribution is -2.49. The average Bonchev–Trinajstić information content (AvgIpc) is 2.51. The second kappa shape index (κ2) is 6.11. The van der Waals surface area contributed by atoms with E-state index in [2.05, 4.69) is 0 Å². The highest BCUT2D eigenvalue weighted by atomic mass is 16.4. The molecule has 1 aromatic carbocycles. The third-order valence-corrected chi connectivity index (χ3v) is 5.39. The monoisotopic (exact) mass is 301 g/mol. The lowest BCUT2D eigenvalue weighted by Gasteiger charge is -2.40. The topological polar surface area (TPSA) is 57.6 Å². The Balaban J connectivity index is 1.67. The molecule has 1 aliphatic carbocycles. The minimum Gasteiger partial charge on any atom is -0.481 e. The summed E-state index contributed by atoms with van der Waals surface area (Å²) in [4.78, 5) is 26.0. The Labute approximate surface area is 131 Å². The summed E-state index contributed by atoms with van der Waals surface area (Å²) in [5.41, 5.74) is 0.0164. The second-order valence-corrected chi connectivity index (χ2v) is 6.64. The predicted octanol–water partition coefficient (Wildman–Crippen LogP) is 2.82. The van der Waals surface area contributed by atoms with Crippen LogP contribution in [0.1, 0.15) is 44.1 Å². The first-order valence-electron chi connectivity index (χ1n) is 8.18. The van der Waals surface area contributed by atoms with Crippen molar-refractivity contribution in [3.63, 3.8) is 0 Å². The van der Waals surface area contributed by atoms with Crippen LogP contribution in [0.25, 0.3) is 0 Å². The first kappa shape index (κ1) is 15.1. The highest BCUT2D eigenvalue weighted by Gasteiger charge is 2.43. The molecule has 4 heteroatoms. The first-order valence-corrected chi connectivity index (χ1v) is 8.18. The summed E-state index contributed by atoms with van der Waals surface area (Å²) >= 11 is 0. The molecule has 1 saturated heterocycles. The number of carboxylic acids is 1. The van der Waals surface area contributed by atoms with Crippen LogP contribution in [0.4, 0.5) is 0 Å². The van der Waals surface area contributed by atoms with E-state index in [4.69, 9.17) is 0 Å². The van der Waals surface area contributed by atoms with Gasteiger partial charge in [0.25, 0.3) is 0 Å². The van der Waals surface area contributed by atoms with Gasteiger partial charge < -0.3 is 10.0 Å². The minimum absolute atomic E-state index is 0.205. The molecule has 1 aromatic rings. The highest BCUT2D eigenvalue weighted by molar-refractivity contribution is 5.82. The molecular formula is C18H23NO3. The van der Waals surface area contributed by atoms with Crippen LogP contribution >= 0.6 is 0 Å². The first-order chi connectivity index (χ1) is 10.6. The summed E-state index contributed by atoms with van der Waals surface area (Å²) in [5.74, 6) is -0.00526. The van der Waals surface area contributed by atoms with E-state index >= 15 is 0 Å². The molecule has 22 heavy (non-hydrogen) atoms. The SMILES string of the molecule is O=C(CC1CCC1)N1CCC(C(=O)O)(c2ccccc2)CC1. The van der Waals surface area contributed by atoms with Crippen LogP contribution in [0.2, 0.25) is 0 Å². The van der Waals surface area contributed by atoms with Crippen LogP contribution in [-0.2, 0) is 15.0 Å². The number of carboxylic acid groups (broad SMARTS) is 1. The Morgan fingerprint density at radius 2 is 1.77 bits per heavy atom. The molecule has 0 aromatic heterocycles. The lowest BCUT2D eigenvalue weighted by molar-refractivity contribution is -0.148. The number of carbonyl (C=O) groups excluding carboxylic acids is 1. The Morgan fingerprint density at radius 1 is 1.14 bits per heavy atom. The zero-order valence-electron chi connectivity index (χ0n) is 12.8. The van der Waals surface area contributed by atoms with Gasteiger partial charge in [0.2, 0.25) is 5.91 Å². The number of hydrogen-bond acceptors (Lipinski definition) is 2. The van der Waals surface area contributed by atoms with Crippen molar-refractivity contribution in [3.8, 4) is 0 Å². The summed E-state index contributed by atoms with van der Waals surface area (Å²) in [6.07, 6.45) is 5.23. The molecule has 1 saturated carbocycles. The fourth-order valence-electron chi connectivity index (χ4n) is 3.59. The number of amides is 1. The van der Waals surface area contributed by atoms with E-state index in [9.17, 15) is 14.7 Å². The van der Waals surface area contributed by atoms with Crippen molar-refractivity contribution in [1.82, 2.24) is 4.90 Å². The molecule has 0 radical (unpaired) electrons. The Hall–Kier alpha value is -1.84. The maximum atomic E-state index is 12.3. The van der Waals surface area contributed by atoms with E-state index in [1.54, 1.807) is 0 Å². The third kappa shape index (κ3) is 2.74. The summed E-state index contributed by atoms with van der Waals surface area (Å²) in [6, 6.07) is 9.44. The maximum absolute atomic E-state index is 12.3. The van der Waals surface area contributed by atoms with Crippen LogP contribution in [-0.4, -0.2) is 35.0 Å². The molecule has 118 valence electrons. The van der Waals surface area contributed by atoms with E-state index in [1.807, 2.05) is 35.2 Å². The zero-order valence-corrected chi connectivity index (χ0v) is 12.8. The van der Waals surface area contributed by atoms with Gasteiger partial charge in [0.1, 0.15) is 0 Å². The quantitative estimate of drug-likeness (QED) is 0.930. The van der Waals surface area contributed by atoms with Gasteiger partial charge >= 0.3 is 5.97 Å². The molecule has 1 amide bonds. The van der Waals surface area contributed by atoms with Crippen molar-refractivity contribution in [1.29, 1.82) is 0 Å². The Kier molecular flexibility index (Phi) is 4.19. The van der Waals surface area contributed by atoms with Crippen LogP contribution in [0, 0.1) is 5.92 Å². The van der Waals surface area contributed by atoms with E-state index in [-0.39, 0.29) is 5.91 Å². The van der Waals surface area contributed by atoms with Crippen LogP contribution < -0.4 is 0 Å². The fraction of sp³-hybridized carbons (Fsp3) is 0.556. The van der Waals surface area contributed by atoms with E-state index in [0.717, 1.165) is 5.56 Å². The average molecular weight is 301 g/mol. The van der Waals surface area contributed by atoms with Crippen molar-refractivity contribution in [2.24, 2.45) is 5.92 Å². The number of likely N-dealkylation sites (tertiary alicyclic amines) is 1. The van der Waals surface area contributed by atoms with E-state index in [0.29, 0.717) is 38.3 Å². The van der Waals surface area contributed by atoms with Crippen molar-refractivity contribution in [2.75, 3.05) is 13.1 Å². The zero-order chi connectivity index (χ0) is 15.6. The molecule has 2 aliphatic rings. The molecule has 0 bridgehead atoms.